The summed E-state index contributed by atoms with van der Waals surface area (Å²) < 4.78 is 25.7. The number of rotatable bonds is 6. The molecule has 1 aromatic carbocycles. The number of amides is 1. The van der Waals surface area contributed by atoms with Crippen LogP contribution in [0.5, 0.6) is 0 Å². The largest absolute Gasteiger partial charge is 0.393 e. The van der Waals surface area contributed by atoms with Crippen LogP contribution in [0.15, 0.2) is 29.2 Å². The summed E-state index contributed by atoms with van der Waals surface area (Å²) in [4.78, 5) is 11.5. The molecule has 1 unspecified atom stereocenters. The second kappa shape index (κ2) is 6.83. The topological polar surface area (TPSA) is 86.7 Å². The van der Waals surface area contributed by atoms with Crippen LogP contribution in [0, 0.1) is 0 Å². The zero-order valence-corrected chi connectivity index (χ0v) is 12.6. The summed E-state index contributed by atoms with van der Waals surface area (Å²) in [6, 6.07) is 5.74. The minimum absolute atomic E-state index is 0.123. The van der Waals surface area contributed by atoms with Gasteiger partial charge >= 0.3 is 0 Å². The molecule has 0 aliphatic rings. The quantitative estimate of drug-likeness (QED) is 0.798. The van der Waals surface area contributed by atoms with E-state index >= 15 is 0 Å². The van der Waals surface area contributed by atoms with Gasteiger partial charge in [0.2, 0.25) is 10.0 Å². The smallest absolute Gasteiger partial charge is 0.251 e. The standard InChI is InChI=1S/C13H20N2O4S/c1-10(16)8-9-15(3)20(18,19)12-6-4-11(5-7-12)13(17)14-2/h4-7,10,16H,8-9H2,1-3H3,(H,14,17). The number of carbonyl (C=O) groups excluding carboxylic acids is 1. The van der Waals surface area contributed by atoms with Gasteiger partial charge in [-0.3, -0.25) is 4.79 Å². The van der Waals surface area contributed by atoms with Crippen LogP contribution in [-0.2, 0) is 10.0 Å². The van der Waals surface area contributed by atoms with Crippen LogP contribution in [0.1, 0.15) is 23.7 Å². The average molecular weight is 300 g/mol. The molecule has 0 fully saturated rings. The Morgan fingerprint density at radius 1 is 1.35 bits per heavy atom. The predicted molar refractivity (Wildman–Crippen MR) is 75.9 cm³/mol. The van der Waals surface area contributed by atoms with Gasteiger partial charge in [-0.2, -0.15) is 0 Å². The monoisotopic (exact) mass is 300 g/mol. The van der Waals surface area contributed by atoms with Crippen LogP contribution in [0.2, 0.25) is 0 Å². The lowest BCUT2D eigenvalue weighted by molar-refractivity contribution is 0.0963. The van der Waals surface area contributed by atoms with E-state index < -0.39 is 16.1 Å². The molecule has 0 aliphatic heterocycles. The van der Waals surface area contributed by atoms with Crippen molar-refractivity contribution in [3.05, 3.63) is 29.8 Å². The molecular formula is C13H20N2O4S. The number of aliphatic hydroxyl groups excluding tert-OH is 1. The summed E-state index contributed by atoms with van der Waals surface area (Å²) >= 11 is 0. The molecule has 0 spiro atoms. The van der Waals surface area contributed by atoms with Crippen molar-refractivity contribution in [1.82, 2.24) is 9.62 Å². The number of aliphatic hydroxyl groups is 1. The van der Waals surface area contributed by atoms with Crippen molar-refractivity contribution >= 4 is 15.9 Å². The first-order chi connectivity index (χ1) is 9.28. The molecular weight excluding hydrogens is 280 g/mol. The molecule has 0 saturated carbocycles. The van der Waals surface area contributed by atoms with Crippen LogP contribution in [0.3, 0.4) is 0 Å². The van der Waals surface area contributed by atoms with Crippen LogP contribution in [0.4, 0.5) is 0 Å². The van der Waals surface area contributed by atoms with Gasteiger partial charge in [0.05, 0.1) is 11.0 Å². The molecule has 1 aromatic rings. The summed E-state index contributed by atoms with van der Waals surface area (Å²) in [6.45, 7) is 1.84. The molecule has 1 rings (SSSR count). The Hall–Kier alpha value is -1.44. The second-order valence-corrected chi connectivity index (χ2v) is 6.61. The fourth-order valence-electron chi connectivity index (χ4n) is 1.59. The number of carbonyl (C=O) groups is 1. The second-order valence-electron chi connectivity index (χ2n) is 4.57. The SMILES string of the molecule is CNC(=O)c1ccc(S(=O)(=O)N(C)CCC(C)O)cc1. The average Bonchev–Trinajstić information content (AvgIpc) is 2.43. The van der Waals surface area contributed by atoms with E-state index in [1.165, 1.54) is 42.7 Å². The van der Waals surface area contributed by atoms with E-state index in [4.69, 9.17) is 0 Å². The number of nitrogens with zero attached hydrogens (tertiary/aromatic N) is 1. The van der Waals surface area contributed by atoms with E-state index in [1.807, 2.05) is 0 Å². The Balaban J connectivity index is 2.90. The minimum atomic E-state index is -3.59. The Kier molecular flexibility index (Phi) is 5.67. The number of nitrogens with one attached hydrogen (secondary N) is 1. The molecule has 20 heavy (non-hydrogen) atoms. The lowest BCUT2D eigenvalue weighted by Crippen LogP contribution is -2.29. The zero-order valence-electron chi connectivity index (χ0n) is 11.8. The van der Waals surface area contributed by atoms with E-state index in [0.717, 1.165) is 0 Å². The van der Waals surface area contributed by atoms with Crippen molar-refractivity contribution in [3.8, 4) is 0 Å². The van der Waals surface area contributed by atoms with Gasteiger partial charge in [0.1, 0.15) is 0 Å². The number of hydrogen-bond acceptors (Lipinski definition) is 4. The molecule has 0 saturated heterocycles. The molecule has 2 N–H and O–H groups in total. The Labute approximate surface area is 119 Å². The third-order valence-electron chi connectivity index (χ3n) is 2.91. The van der Waals surface area contributed by atoms with Crippen molar-refractivity contribution in [3.63, 3.8) is 0 Å². The van der Waals surface area contributed by atoms with Gasteiger partial charge in [0, 0.05) is 26.2 Å². The first-order valence-electron chi connectivity index (χ1n) is 6.25. The Morgan fingerprint density at radius 3 is 2.35 bits per heavy atom. The highest BCUT2D eigenvalue weighted by Crippen LogP contribution is 2.15. The predicted octanol–water partition coefficient (Wildman–Crippen LogP) is 0.438. The summed E-state index contributed by atoms with van der Waals surface area (Å²) in [5.74, 6) is -0.267. The normalized spacial score (nSPS) is 13.2. The van der Waals surface area contributed by atoms with Crippen molar-refractivity contribution < 1.29 is 18.3 Å². The first-order valence-corrected chi connectivity index (χ1v) is 7.69. The van der Waals surface area contributed by atoms with Gasteiger partial charge in [0.15, 0.2) is 0 Å². The molecule has 1 atom stereocenters. The van der Waals surface area contributed by atoms with Crippen molar-refractivity contribution in [2.24, 2.45) is 0 Å². The molecule has 0 heterocycles. The lowest BCUT2D eigenvalue weighted by atomic mass is 10.2. The van der Waals surface area contributed by atoms with Crippen LogP contribution in [-0.4, -0.2) is 50.5 Å². The lowest BCUT2D eigenvalue weighted by Gasteiger charge is -2.18. The molecule has 0 aliphatic carbocycles. The molecule has 0 bridgehead atoms. The number of hydrogen-bond donors (Lipinski definition) is 2. The summed E-state index contributed by atoms with van der Waals surface area (Å²) in [7, 11) is -0.620. The highest BCUT2D eigenvalue weighted by molar-refractivity contribution is 7.89. The van der Waals surface area contributed by atoms with Gasteiger partial charge in [-0.25, -0.2) is 12.7 Å². The number of sulfonamides is 1. The van der Waals surface area contributed by atoms with E-state index in [9.17, 15) is 18.3 Å². The molecule has 1 amide bonds. The maximum atomic E-state index is 12.2. The summed E-state index contributed by atoms with van der Waals surface area (Å²) in [5.41, 5.74) is 0.401. The molecule has 0 radical (unpaired) electrons. The van der Waals surface area contributed by atoms with Crippen LogP contribution < -0.4 is 5.32 Å². The van der Waals surface area contributed by atoms with Crippen molar-refractivity contribution in [2.75, 3.05) is 20.6 Å². The number of benzene rings is 1. The van der Waals surface area contributed by atoms with E-state index in [-0.39, 0.29) is 17.3 Å². The van der Waals surface area contributed by atoms with Gasteiger partial charge in [-0.05, 0) is 37.6 Å². The van der Waals surface area contributed by atoms with Gasteiger partial charge < -0.3 is 10.4 Å². The molecule has 7 heteroatoms. The fraction of sp³-hybridized carbons (Fsp3) is 0.462. The molecule has 112 valence electrons. The fourth-order valence-corrected chi connectivity index (χ4v) is 2.78. The Morgan fingerprint density at radius 2 is 1.90 bits per heavy atom. The highest BCUT2D eigenvalue weighted by Gasteiger charge is 2.21. The summed E-state index contributed by atoms with van der Waals surface area (Å²) in [6.07, 6.45) is -0.185. The minimum Gasteiger partial charge on any atom is -0.393 e. The van der Waals surface area contributed by atoms with Crippen molar-refractivity contribution in [1.29, 1.82) is 0 Å². The van der Waals surface area contributed by atoms with E-state index in [2.05, 4.69) is 5.32 Å². The first kappa shape index (κ1) is 16.6. The van der Waals surface area contributed by atoms with E-state index in [1.54, 1.807) is 6.92 Å². The van der Waals surface area contributed by atoms with E-state index in [0.29, 0.717) is 12.0 Å². The van der Waals surface area contributed by atoms with Gasteiger partial charge in [-0.15, -0.1) is 0 Å². The maximum Gasteiger partial charge on any atom is 0.251 e. The van der Waals surface area contributed by atoms with Crippen LogP contribution >= 0.6 is 0 Å². The van der Waals surface area contributed by atoms with Crippen LogP contribution in [0.25, 0.3) is 0 Å². The third-order valence-corrected chi connectivity index (χ3v) is 4.78. The van der Waals surface area contributed by atoms with Gasteiger partial charge in [-0.1, -0.05) is 0 Å². The zero-order chi connectivity index (χ0) is 15.3. The van der Waals surface area contributed by atoms with Crippen molar-refractivity contribution in [2.45, 2.75) is 24.3 Å². The Bertz CT molecular complexity index is 552. The highest BCUT2D eigenvalue weighted by atomic mass is 32.2. The molecule has 6 nitrogen and oxygen atoms in total. The maximum absolute atomic E-state index is 12.2. The van der Waals surface area contributed by atoms with Gasteiger partial charge in [0.25, 0.3) is 5.91 Å². The third kappa shape index (κ3) is 4.03. The molecule has 0 aromatic heterocycles. The summed E-state index contributed by atoms with van der Waals surface area (Å²) in [5, 5.41) is 11.7.